The Morgan fingerprint density at radius 1 is 1.15 bits per heavy atom. The number of non-ortho nitro benzene ring substituents is 1. The van der Waals surface area contributed by atoms with Gasteiger partial charge in [0, 0.05) is 22.8 Å². The number of rotatable bonds is 5. The van der Waals surface area contributed by atoms with Gasteiger partial charge in [-0.25, -0.2) is 0 Å². The summed E-state index contributed by atoms with van der Waals surface area (Å²) in [6, 6.07) is 9.76. The summed E-state index contributed by atoms with van der Waals surface area (Å²) in [5, 5.41) is 17.0. The van der Waals surface area contributed by atoms with Crippen LogP contribution in [-0.2, 0) is 0 Å². The third-order valence-corrected chi connectivity index (χ3v) is 3.32. The van der Waals surface area contributed by atoms with Crippen LogP contribution in [0.3, 0.4) is 0 Å². The Morgan fingerprint density at radius 3 is 2.35 bits per heavy atom. The Hall–Kier alpha value is -2.59. The molecule has 0 saturated heterocycles. The molecule has 6 nitrogen and oxygen atoms in total. The Kier molecular flexibility index (Phi) is 6.22. The summed E-state index contributed by atoms with van der Waals surface area (Å²) < 4.78 is 41.4. The van der Waals surface area contributed by atoms with Crippen molar-refractivity contribution in [3.05, 3.63) is 57.6 Å². The van der Waals surface area contributed by atoms with E-state index < -0.39 is 23.4 Å². The molecule has 0 aliphatic rings. The molecule has 0 atom stereocenters. The molecule has 2 aromatic carbocycles. The minimum atomic E-state index is -4.57. The van der Waals surface area contributed by atoms with Gasteiger partial charge < -0.3 is 15.4 Å². The fourth-order valence-corrected chi connectivity index (χ4v) is 2.20. The maximum atomic E-state index is 12.3. The second-order valence-corrected chi connectivity index (χ2v) is 5.81. The normalized spacial score (nSPS) is 10.9. The number of ether oxygens (including phenoxy) is 1. The minimum Gasteiger partial charge on any atom is -0.484 e. The average molecular weight is 406 g/mol. The molecular weight excluding hydrogens is 395 g/mol. The first-order chi connectivity index (χ1) is 12.1. The highest BCUT2D eigenvalue weighted by molar-refractivity contribution is 7.80. The van der Waals surface area contributed by atoms with Gasteiger partial charge in [0.2, 0.25) is 0 Å². The van der Waals surface area contributed by atoms with Gasteiger partial charge in [-0.2, -0.15) is 13.2 Å². The van der Waals surface area contributed by atoms with Crippen molar-refractivity contribution in [1.82, 2.24) is 0 Å². The van der Waals surface area contributed by atoms with Crippen LogP contribution in [0.5, 0.6) is 5.75 Å². The van der Waals surface area contributed by atoms with E-state index in [4.69, 9.17) is 23.8 Å². The topological polar surface area (TPSA) is 76.4 Å². The van der Waals surface area contributed by atoms with E-state index in [1.165, 1.54) is 6.07 Å². The lowest BCUT2D eigenvalue weighted by atomic mass is 10.2. The highest BCUT2D eigenvalue weighted by Crippen LogP contribution is 2.28. The number of hydrogen-bond acceptors (Lipinski definition) is 4. The minimum absolute atomic E-state index is 0.0783. The molecule has 0 bridgehead atoms. The van der Waals surface area contributed by atoms with Crippen molar-refractivity contribution in [2.45, 2.75) is 6.18 Å². The van der Waals surface area contributed by atoms with Crippen LogP contribution in [0.15, 0.2) is 42.5 Å². The summed E-state index contributed by atoms with van der Waals surface area (Å²) >= 11 is 10.9. The van der Waals surface area contributed by atoms with E-state index in [9.17, 15) is 23.3 Å². The zero-order chi connectivity index (χ0) is 19.3. The van der Waals surface area contributed by atoms with E-state index in [2.05, 4.69) is 15.4 Å². The van der Waals surface area contributed by atoms with Crippen LogP contribution in [0, 0.1) is 10.1 Å². The third kappa shape index (κ3) is 6.37. The van der Waals surface area contributed by atoms with Gasteiger partial charge in [0.15, 0.2) is 11.7 Å². The SMILES string of the molecule is O=[N+]([O-])c1cc(NC(=S)Nc2ccc(Cl)cc2)cc(OCC(F)(F)F)c1. The van der Waals surface area contributed by atoms with Crippen LogP contribution in [0.4, 0.5) is 30.2 Å². The molecular formula is C15H11ClF3N3O3S. The van der Waals surface area contributed by atoms with Crippen LogP contribution in [0.1, 0.15) is 0 Å². The summed E-state index contributed by atoms with van der Waals surface area (Å²) in [5.41, 5.74) is 0.259. The van der Waals surface area contributed by atoms with Gasteiger partial charge in [-0.15, -0.1) is 0 Å². The second-order valence-electron chi connectivity index (χ2n) is 4.96. The molecule has 26 heavy (non-hydrogen) atoms. The van der Waals surface area contributed by atoms with E-state index in [0.717, 1.165) is 12.1 Å². The van der Waals surface area contributed by atoms with E-state index in [-0.39, 0.29) is 16.5 Å². The molecule has 2 aromatic rings. The van der Waals surface area contributed by atoms with Crippen molar-refractivity contribution in [2.24, 2.45) is 0 Å². The predicted octanol–water partition coefficient (Wildman–Crippen LogP) is 5.00. The van der Waals surface area contributed by atoms with Crippen molar-refractivity contribution >= 4 is 46.0 Å². The summed E-state index contributed by atoms with van der Waals surface area (Å²) in [4.78, 5) is 10.2. The largest absolute Gasteiger partial charge is 0.484 e. The van der Waals surface area contributed by atoms with Crippen LogP contribution in [-0.4, -0.2) is 22.8 Å². The Morgan fingerprint density at radius 2 is 1.77 bits per heavy atom. The van der Waals surface area contributed by atoms with E-state index in [1.54, 1.807) is 24.3 Å². The number of thiocarbonyl (C=S) groups is 1. The van der Waals surface area contributed by atoms with Crippen molar-refractivity contribution in [3.8, 4) is 5.75 Å². The molecule has 0 aliphatic heterocycles. The van der Waals surface area contributed by atoms with Gasteiger partial charge >= 0.3 is 6.18 Å². The first-order valence-electron chi connectivity index (χ1n) is 6.95. The van der Waals surface area contributed by atoms with Gasteiger partial charge in [0.25, 0.3) is 5.69 Å². The zero-order valence-electron chi connectivity index (χ0n) is 12.8. The van der Waals surface area contributed by atoms with Crippen LogP contribution in [0.25, 0.3) is 0 Å². The number of benzene rings is 2. The molecule has 0 aromatic heterocycles. The zero-order valence-corrected chi connectivity index (χ0v) is 14.4. The van der Waals surface area contributed by atoms with E-state index in [1.807, 2.05) is 0 Å². The maximum absolute atomic E-state index is 12.3. The molecule has 0 amide bonds. The Labute approximate surface area is 156 Å². The molecule has 0 radical (unpaired) electrons. The smallest absolute Gasteiger partial charge is 0.422 e. The summed E-state index contributed by atoms with van der Waals surface area (Å²) in [6.45, 7) is -1.57. The number of nitrogens with zero attached hydrogens (tertiary/aromatic N) is 1. The van der Waals surface area contributed by atoms with Gasteiger partial charge in [0.05, 0.1) is 16.7 Å². The van der Waals surface area contributed by atoms with Crippen LogP contribution >= 0.6 is 23.8 Å². The molecule has 138 valence electrons. The van der Waals surface area contributed by atoms with Crippen LogP contribution < -0.4 is 15.4 Å². The predicted molar refractivity (Wildman–Crippen MR) is 95.9 cm³/mol. The van der Waals surface area contributed by atoms with E-state index in [0.29, 0.717) is 10.7 Å². The third-order valence-electron chi connectivity index (χ3n) is 2.86. The Bertz CT molecular complexity index is 816. The lowest BCUT2D eigenvalue weighted by Gasteiger charge is -2.13. The number of halogens is 4. The summed E-state index contributed by atoms with van der Waals surface area (Å²) in [6.07, 6.45) is -4.57. The van der Waals surface area contributed by atoms with Crippen LogP contribution in [0.2, 0.25) is 5.02 Å². The standard InChI is InChI=1S/C15H11ClF3N3O3S/c16-9-1-3-10(4-2-9)20-14(26)21-11-5-12(22(23)24)7-13(6-11)25-8-15(17,18)19/h1-7H,8H2,(H2,20,21,26). The number of anilines is 2. The molecule has 0 saturated carbocycles. The van der Waals surface area contributed by atoms with Gasteiger partial charge in [-0.1, -0.05) is 11.6 Å². The monoisotopic (exact) mass is 405 g/mol. The number of alkyl halides is 3. The summed E-state index contributed by atoms with van der Waals surface area (Å²) in [7, 11) is 0. The van der Waals surface area contributed by atoms with Gasteiger partial charge in [-0.05, 0) is 36.5 Å². The number of nitro groups is 1. The number of hydrogen-bond donors (Lipinski definition) is 2. The average Bonchev–Trinajstić information content (AvgIpc) is 2.54. The fraction of sp³-hybridized carbons (Fsp3) is 0.133. The van der Waals surface area contributed by atoms with Crippen molar-refractivity contribution in [3.63, 3.8) is 0 Å². The highest BCUT2D eigenvalue weighted by atomic mass is 35.5. The number of nitrogens with one attached hydrogen (secondary N) is 2. The number of nitro benzene ring substituents is 1. The molecule has 2 rings (SSSR count). The molecule has 0 unspecified atom stereocenters. The molecule has 11 heteroatoms. The molecule has 0 spiro atoms. The van der Waals surface area contributed by atoms with Crippen molar-refractivity contribution in [1.29, 1.82) is 0 Å². The van der Waals surface area contributed by atoms with Gasteiger partial charge in [0.1, 0.15) is 5.75 Å². The quantitative estimate of drug-likeness (QED) is 0.414. The molecule has 0 aliphatic carbocycles. The molecule has 2 N–H and O–H groups in total. The molecule has 0 fully saturated rings. The highest BCUT2D eigenvalue weighted by Gasteiger charge is 2.28. The maximum Gasteiger partial charge on any atom is 0.422 e. The first-order valence-corrected chi connectivity index (χ1v) is 7.73. The van der Waals surface area contributed by atoms with Crippen molar-refractivity contribution < 1.29 is 22.8 Å². The lowest BCUT2D eigenvalue weighted by molar-refractivity contribution is -0.384. The Balaban J connectivity index is 2.13. The fourth-order valence-electron chi connectivity index (χ4n) is 1.84. The lowest BCUT2D eigenvalue weighted by Crippen LogP contribution is -2.20. The van der Waals surface area contributed by atoms with Crippen molar-refractivity contribution in [2.75, 3.05) is 17.2 Å². The second kappa shape index (κ2) is 8.19. The summed E-state index contributed by atoms with van der Waals surface area (Å²) in [5.74, 6) is -0.312. The van der Waals surface area contributed by atoms with Gasteiger partial charge in [-0.3, -0.25) is 10.1 Å². The first kappa shape index (κ1) is 19.7. The van der Waals surface area contributed by atoms with E-state index >= 15 is 0 Å². The molecule has 0 heterocycles.